The molecule has 1 unspecified atom stereocenters. The normalized spacial score (nSPS) is 17.1. The average molecular weight is 497 g/mol. The van der Waals surface area contributed by atoms with Gasteiger partial charge in [0.2, 0.25) is 0 Å². The first kappa shape index (κ1) is 27.1. The topological polar surface area (TPSA) is 88.5 Å². The summed E-state index contributed by atoms with van der Waals surface area (Å²) in [6.45, 7) is 8.19. The number of hydrogen-bond acceptors (Lipinski definition) is 7. The Hall–Kier alpha value is -3.52. The predicted molar refractivity (Wildman–Crippen MR) is 139 cm³/mol. The molecule has 1 saturated heterocycles. The summed E-state index contributed by atoms with van der Waals surface area (Å²) in [6, 6.07) is 11.4. The summed E-state index contributed by atoms with van der Waals surface area (Å²) in [4.78, 5) is 30.0. The fourth-order valence-corrected chi connectivity index (χ4v) is 4.28. The van der Waals surface area contributed by atoms with Gasteiger partial charge in [-0.3, -0.25) is 9.59 Å². The van der Waals surface area contributed by atoms with Gasteiger partial charge < -0.3 is 29.1 Å². The average Bonchev–Trinajstić information content (AvgIpc) is 3.10. The van der Waals surface area contributed by atoms with Crippen LogP contribution < -0.4 is 14.2 Å². The van der Waals surface area contributed by atoms with E-state index in [0.29, 0.717) is 61.2 Å². The van der Waals surface area contributed by atoms with Crippen LogP contribution in [0.15, 0.2) is 48.0 Å². The summed E-state index contributed by atoms with van der Waals surface area (Å²) in [5.74, 6) is 0.211. The van der Waals surface area contributed by atoms with Crippen LogP contribution in [0.25, 0.3) is 5.76 Å². The van der Waals surface area contributed by atoms with Gasteiger partial charge in [-0.25, -0.2) is 0 Å². The Morgan fingerprint density at radius 2 is 1.56 bits per heavy atom. The molecule has 1 heterocycles. The van der Waals surface area contributed by atoms with Crippen molar-refractivity contribution in [2.75, 3.05) is 47.0 Å². The van der Waals surface area contributed by atoms with Gasteiger partial charge in [0.25, 0.3) is 11.7 Å². The number of likely N-dealkylation sites (tertiary alicyclic amines) is 1. The minimum absolute atomic E-state index is 0.0561. The predicted octanol–water partition coefficient (Wildman–Crippen LogP) is 4.26. The molecule has 0 bridgehead atoms. The second-order valence-corrected chi connectivity index (χ2v) is 8.68. The SMILES string of the molecule is CCOc1ccc(/C(O)=C2\C(=O)C(=O)N(CCCN(C)C)C2c2ccc(OCC)c(OCC)c2)cc1. The molecule has 2 aromatic carbocycles. The zero-order valence-electron chi connectivity index (χ0n) is 21.7. The van der Waals surface area contributed by atoms with Gasteiger partial charge in [0.05, 0.1) is 31.4 Å². The van der Waals surface area contributed by atoms with Gasteiger partial charge in [-0.2, -0.15) is 0 Å². The molecule has 194 valence electrons. The van der Waals surface area contributed by atoms with E-state index in [1.807, 2.05) is 45.8 Å². The number of rotatable bonds is 12. The quantitative estimate of drug-likeness (QED) is 0.267. The smallest absolute Gasteiger partial charge is 0.295 e. The number of ether oxygens (including phenoxy) is 3. The van der Waals surface area contributed by atoms with Crippen LogP contribution in [-0.2, 0) is 9.59 Å². The molecule has 0 saturated carbocycles. The van der Waals surface area contributed by atoms with E-state index in [4.69, 9.17) is 14.2 Å². The number of carbonyl (C=O) groups excluding carboxylic acids is 2. The summed E-state index contributed by atoms with van der Waals surface area (Å²) in [5, 5.41) is 11.3. The van der Waals surface area contributed by atoms with Crippen LogP contribution in [0.5, 0.6) is 17.2 Å². The number of nitrogens with zero attached hydrogens (tertiary/aromatic N) is 2. The third-order valence-corrected chi connectivity index (χ3v) is 5.87. The monoisotopic (exact) mass is 496 g/mol. The summed E-state index contributed by atoms with van der Waals surface area (Å²) >= 11 is 0. The van der Waals surface area contributed by atoms with Crippen LogP contribution in [0.1, 0.15) is 44.4 Å². The number of benzene rings is 2. The van der Waals surface area contributed by atoms with E-state index < -0.39 is 17.7 Å². The highest BCUT2D eigenvalue weighted by Crippen LogP contribution is 2.42. The molecular weight excluding hydrogens is 460 g/mol. The van der Waals surface area contributed by atoms with Crippen LogP contribution in [0, 0.1) is 0 Å². The van der Waals surface area contributed by atoms with Gasteiger partial charge in [-0.1, -0.05) is 6.07 Å². The van der Waals surface area contributed by atoms with Crippen LogP contribution >= 0.6 is 0 Å². The van der Waals surface area contributed by atoms with E-state index in [-0.39, 0.29) is 11.3 Å². The van der Waals surface area contributed by atoms with Crippen molar-refractivity contribution in [3.05, 3.63) is 59.2 Å². The molecule has 1 N–H and O–H groups in total. The van der Waals surface area contributed by atoms with E-state index in [0.717, 1.165) is 6.54 Å². The highest BCUT2D eigenvalue weighted by atomic mass is 16.5. The molecule has 8 heteroatoms. The Balaban J connectivity index is 2.11. The highest BCUT2D eigenvalue weighted by molar-refractivity contribution is 6.46. The molecule has 0 aromatic heterocycles. The second kappa shape index (κ2) is 12.4. The molecule has 36 heavy (non-hydrogen) atoms. The van der Waals surface area contributed by atoms with Crippen LogP contribution in [0.3, 0.4) is 0 Å². The molecule has 0 spiro atoms. The van der Waals surface area contributed by atoms with Crippen LogP contribution in [0.4, 0.5) is 0 Å². The molecule has 1 aliphatic rings. The number of ketones is 1. The van der Waals surface area contributed by atoms with Gasteiger partial charge in [0, 0.05) is 12.1 Å². The minimum Gasteiger partial charge on any atom is -0.507 e. The van der Waals surface area contributed by atoms with Gasteiger partial charge in [0.15, 0.2) is 11.5 Å². The fraction of sp³-hybridized carbons (Fsp3) is 0.429. The lowest BCUT2D eigenvalue weighted by Crippen LogP contribution is -2.32. The molecule has 1 fully saturated rings. The van der Waals surface area contributed by atoms with Gasteiger partial charge in [0.1, 0.15) is 11.5 Å². The summed E-state index contributed by atoms with van der Waals surface area (Å²) in [7, 11) is 3.91. The van der Waals surface area contributed by atoms with Crippen molar-refractivity contribution in [1.29, 1.82) is 0 Å². The summed E-state index contributed by atoms with van der Waals surface area (Å²) in [6.07, 6.45) is 0.676. The maximum absolute atomic E-state index is 13.3. The lowest BCUT2D eigenvalue weighted by atomic mass is 9.95. The Kier molecular flexibility index (Phi) is 9.36. The van der Waals surface area contributed by atoms with Crippen molar-refractivity contribution in [3.8, 4) is 17.2 Å². The van der Waals surface area contributed by atoms with Crippen molar-refractivity contribution >= 4 is 17.4 Å². The van der Waals surface area contributed by atoms with Crippen molar-refractivity contribution in [2.45, 2.75) is 33.2 Å². The third kappa shape index (κ3) is 5.99. The van der Waals surface area contributed by atoms with E-state index in [1.54, 1.807) is 36.4 Å². The first-order valence-corrected chi connectivity index (χ1v) is 12.4. The molecule has 0 aliphatic carbocycles. The molecule has 1 atom stereocenters. The van der Waals surface area contributed by atoms with E-state index in [2.05, 4.69) is 0 Å². The maximum Gasteiger partial charge on any atom is 0.295 e. The lowest BCUT2D eigenvalue weighted by Gasteiger charge is -2.26. The van der Waals surface area contributed by atoms with E-state index in [9.17, 15) is 14.7 Å². The van der Waals surface area contributed by atoms with E-state index >= 15 is 0 Å². The number of carbonyl (C=O) groups is 2. The Morgan fingerprint density at radius 1 is 0.917 bits per heavy atom. The minimum atomic E-state index is -0.756. The molecule has 3 rings (SSSR count). The van der Waals surface area contributed by atoms with Crippen LogP contribution in [0.2, 0.25) is 0 Å². The number of Topliss-reactive ketones (excluding diaryl/α,β-unsaturated/α-hetero) is 1. The zero-order chi connectivity index (χ0) is 26.2. The number of hydrogen-bond donors (Lipinski definition) is 1. The Bertz CT molecular complexity index is 1090. The largest absolute Gasteiger partial charge is 0.507 e. The van der Waals surface area contributed by atoms with Gasteiger partial charge in [-0.15, -0.1) is 0 Å². The van der Waals surface area contributed by atoms with E-state index in [1.165, 1.54) is 4.90 Å². The van der Waals surface area contributed by atoms with Gasteiger partial charge >= 0.3 is 0 Å². The molecule has 2 aromatic rings. The lowest BCUT2D eigenvalue weighted by molar-refractivity contribution is -0.139. The number of aliphatic hydroxyl groups excluding tert-OH is 1. The number of amides is 1. The standard InChI is InChI=1S/C28H36N2O6/c1-6-34-21-13-10-19(11-14-21)26(31)24-25(30(28(33)27(24)32)17-9-16-29(4)5)20-12-15-22(35-7-2)23(18-20)36-8-3/h10-15,18,25,31H,6-9,16-17H2,1-5H3/b26-24+. The van der Waals surface area contributed by atoms with Gasteiger partial charge in [-0.05, 0) is 89.8 Å². The molecule has 1 amide bonds. The highest BCUT2D eigenvalue weighted by Gasteiger charge is 2.46. The van der Waals surface area contributed by atoms with Crippen molar-refractivity contribution < 1.29 is 28.9 Å². The Labute approximate surface area is 213 Å². The molecular formula is C28H36N2O6. The summed E-state index contributed by atoms with van der Waals surface area (Å²) < 4.78 is 17.0. The maximum atomic E-state index is 13.3. The second-order valence-electron chi connectivity index (χ2n) is 8.68. The first-order valence-electron chi connectivity index (χ1n) is 12.4. The first-order chi connectivity index (χ1) is 17.3. The van der Waals surface area contributed by atoms with Crippen molar-refractivity contribution in [1.82, 2.24) is 9.80 Å². The number of aliphatic hydroxyl groups is 1. The third-order valence-electron chi connectivity index (χ3n) is 5.87. The molecule has 8 nitrogen and oxygen atoms in total. The fourth-order valence-electron chi connectivity index (χ4n) is 4.28. The van der Waals surface area contributed by atoms with Crippen molar-refractivity contribution in [2.24, 2.45) is 0 Å². The van der Waals surface area contributed by atoms with Crippen molar-refractivity contribution in [3.63, 3.8) is 0 Å². The summed E-state index contributed by atoms with van der Waals surface area (Å²) in [5.41, 5.74) is 1.16. The zero-order valence-corrected chi connectivity index (χ0v) is 21.7. The van der Waals surface area contributed by atoms with Crippen LogP contribution in [-0.4, -0.2) is 73.6 Å². The Morgan fingerprint density at radius 3 is 2.17 bits per heavy atom. The molecule has 0 radical (unpaired) electrons. The molecule has 1 aliphatic heterocycles.